The molecule has 21 heavy (non-hydrogen) atoms. The molecule has 0 saturated carbocycles. The molecule has 0 aliphatic heterocycles. The quantitative estimate of drug-likeness (QED) is 0.770. The van der Waals surface area contributed by atoms with Crippen molar-refractivity contribution >= 4 is 37.6 Å². The third-order valence-corrected chi connectivity index (χ3v) is 6.04. The van der Waals surface area contributed by atoms with Gasteiger partial charge in [-0.2, -0.15) is 0 Å². The van der Waals surface area contributed by atoms with E-state index in [1.165, 1.54) is 6.92 Å². The van der Waals surface area contributed by atoms with Gasteiger partial charge in [0.25, 0.3) is 0 Å². The summed E-state index contributed by atoms with van der Waals surface area (Å²) in [4.78, 5) is 13.9. The molecule has 1 rings (SSSR count). The number of nitrogens with two attached hydrogens (primary N) is 1. The molecule has 8 heteroatoms. The Labute approximate surface area is 130 Å². The molecule has 0 bridgehead atoms. The number of Topliss-reactive ketones (excluding diaryl/α,β-unsaturated/α-hetero) is 1. The van der Waals surface area contributed by atoms with Crippen LogP contribution in [0.4, 0.5) is 10.7 Å². The molecule has 3 N–H and O–H groups in total. The van der Waals surface area contributed by atoms with Gasteiger partial charge in [-0.05, 0) is 27.9 Å². The van der Waals surface area contributed by atoms with E-state index < -0.39 is 9.84 Å². The van der Waals surface area contributed by atoms with Crippen LogP contribution in [0.15, 0.2) is 4.90 Å². The van der Waals surface area contributed by atoms with Crippen molar-refractivity contribution < 1.29 is 13.2 Å². The Hall–Kier alpha value is -1.12. The summed E-state index contributed by atoms with van der Waals surface area (Å²) in [6, 6.07) is 0. The maximum Gasteiger partial charge on any atom is 0.180 e. The zero-order chi connectivity index (χ0) is 16.6. The van der Waals surface area contributed by atoms with Gasteiger partial charge in [-0.1, -0.05) is 0 Å². The van der Waals surface area contributed by atoms with Gasteiger partial charge in [-0.25, -0.2) is 8.42 Å². The molecule has 0 atom stereocenters. The van der Waals surface area contributed by atoms with Crippen molar-refractivity contribution in [2.75, 3.05) is 37.9 Å². The fourth-order valence-electron chi connectivity index (χ4n) is 1.63. The van der Waals surface area contributed by atoms with Gasteiger partial charge in [0, 0.05) is 25.3 Å². The van der Waals surface area contributed by atoms with Gasteiger partial charge in [-0.15, -0.1) is 11.3 Å². The summed E-state index contributed by atoms with van der Waals surface area (Å²) >= 11 is 1.09. The molecule has 1 aromatic heterocycles. The van der Waals surface area contributed by atoms with Crippen LogP contribution in [-0.2, 0) is 9.84 Å². The van der Waals surface area contributed by atoms with Crippen LogP contribution < -0.4 is 11.1 Å². The molecule has 0 radical (unpaired) electrons. The number of sulfone groups is 1. The number of nitrogens with one attached hydrogen (secondary N) is 1. The number of carbonyl (C=O) groups is 1. The van der Waals surface area contributed by atoms with Crippen molar-refractivity contribution in [3.63, 3.8) is 0 Å². The van der Waals surface area contributed by atoms with E-state index in [1.54, 1.807) is 0 Å². The summed E-state index contributed by atoms with van der Waals surface area (Å²) in [6.45, 7) is 5.97. The molecule has 0 saturated heterocycles. The minimum atomic E-state index is -3.51. The van der Waals surface area contributed by atoms with Gasteiger partial charge in [0.2, 0.25) is 0 Å². The van der Waals surface area contributed by atoms with Gasteiger partial charge < -0.3 is 16.0 Å². The van der Waals surface area contributed by atoms with Crippen LogP contribution in [-0.4, -0.2) is 51.5 Å². The Morgan fingerprint density at radius 2 is 1.90 bits per heavy atom. The Bertz CT molecular complexity index is 646. The number of carbonyl (C=O) groups excluding carboxylic acids is 1. The monoisotopic (exact) mass is 333 g/mol. The second kappa shape index (κ2) is 5.94. The van der Waals surface area contributed by atoms with E-state index in [0.29, 0.717) is 11.5 Å². The van der Waals surface area contributed by atoms with Gasteiger partial charge in [0.15, 0.2) is 15.6 Å². The smallest absolute Gasteiger partial charge is 0.180 e. The van der Waals surface area contributed by atoms with Crippen LogP contribution in [0, 0.1) is 0 Å². The molecule has 1 heterocycles. The van der Waals surface area contributed by atoms with E-state index in [1.807, 2.05) is 32.8 Å². The highest BCUT2D eigenvalue weighted by atomic mass is 32.2. The molecule has 1 aromatic rings. The first kappa shape index (κ1) is 17.9. The van der Waals surface area contributed by atoms with E-state index in [-0.39, 0.29) is 26.8 Å². The third kappa shape index (κ3) is 3.96. The summed E-state index contributed by atoms with van der Waals surface area (Å²) < 4.78 is 23.9. The summed E-state index contributed by atoms with van der Waals surface area (Å²) in [7, 11) is 0.387. The number of anilines is 2. The van der Waals surface area contributed by atoms with Gasteiger partial charge >= 0.3 is 0 Å². The largest absolute Gasteiger partial charge is 0.396 e. The number of likely N-dealkylation sites (N-methyl/N-ethyl adjacent to an activating group) is 1. The zero-order valence-corrected chi connectivity index (χ0v) is 14.9. The molecule has 0 aliphatic rings. The van der Waals surface area contributed by atoms with Crippen molar-refractivity contribution in [3.05, 3.63) is 4.88 Å². The van der Waals surface area contributed by atoms with E-state index in [9.17, 15) is 13.2 Å². The lowest BCUT2D eigenvalue weighted by molar-refractivity contribution is 0.102. The fourth-order valence-corrected chi connectivity index (χ4v) is 4.09. The van der Waals surface area contributed by atoms with Crippen molar-refractivity contribution in [1.82, 2.24) is 4.90 Å². The molecular weight excluding hydrogens is 310 g/mol. The molecule has 0 fully saturated rings. The number of hydrogen-bond donors (Lipinski definition) is 2. The number of nitrogen functional groups attached to an aromatic ring is 1. The summed E-state index contributed by atoms with van der Waals surface area (Å²) in [5.74, 6) is -0.234. The number of thiophene rings is 1. The zero-order valence-electron chi connectivity index (χ0n) is 13.3. The predicted molar refractivity (Wildman–Crippen MR) is 88.1 cm³/mol. The Balaban J connectivity index is 3.25. The maximum atomic E-state index is 11.9. The average Bonchev–Trinajstić information content (AvgIpc) is 2.63. The van der Waals surface area contributed by atoms with Gasteiger partial charge in [0.05, 0.1) is 10.6 Å². The molecular formula is C13H23N3O3S2. The Morgan fingerprint density at radius 1 is 1.38 bits per heavy atom. The van der Waals surface area contributed by atoms with Crippen molar-refractivity contribution in [2.45, 2.75) is 31.2 Å². The lowest BCUT2D eigenvalue weighted by Crippen LogP contribution is -2.44. The van der Waals surface area contributed by atoms with Crippen LogP contribution in [0.25, 0.3) is 0 Å². The van der Waals surface area contributed by atoms with Crippen LogP contribution in [0.1, 0.15) is 30.4 Å². The summed E-state index contributed by atoms with van der Waals surface area (Å²) in [5, 5.41) is 3.55. The van der Waals surface area contributed by atoms with Crippen LogP contribution >= 0.6 is 11.3 Å². The van der Waals surface area contributed by atoms with E-state index in [4.69, 9.17) is 5.73 Å². The van der Waals surface area contributed by atoms with Crippen molar-refractivity contribution in [1.29, 1.82) is 0 Å². The van der Waals surface area contributed by atoms with Crippen LogP contribution in [0.5, 0.6) is 0 Å². The average molecular weight is 333 g/mol. The maximum absolute atomic E-state index is 11.9. The number of nitrogens with zero attached hydrogens (tertiary/aromatic N) is 1. The molecule has 0 amide bonds. The molecule has 120 valence electrons. The minimum absolute atomic E-state index is 0.0206. The van der Waals surface area contributed by atoms with Gasteiger partial charge in [-0.3, -0.25) is 4.79 Å². The number of hydrogen-bond acceptors (Lipinski definition) is 7. The van der Waals surface area contributed by atoms with Crippen molar-refractivity contribution in [3.8, 4) is 0 Å². The van der Waals surface area contributed by atoms with E-state index >= 15 is 0 Å². The SMILES string of the molecule is CC(=O)c1sc(NCC(C)(C)N(C)C)c(S(C)(=O)=O)c1N. The van der Waals surface area contributed by atoms with Crippen LogP contribution in [0.2, 0.25) is 0 Å². The topological polar surface area (TPSA) is 92.5 Å². The van der Waals surface area contributed by atoms with Gasteiger partial charge in [0.1, 0.15) is 9.90 Å². The fraction of sp³-hybridized carbons (Fsp3) is 0.615. The van der Waals surface area contributed by atoms with E-state index in [0.717, 1.165) is 17.6 Å². The second-order valence-corrected chi connectivity index (χ2v) is 8.87. The first-order valence-corrected chi connectivity index (χ1v) is 9.13. The Kier molecular flexibility index (Phi) is 5.07. The highest BCUT2D eigenvalue weighted by Crippen LogP contribution is 2.39. The summed E-state index contributed by atoms with van der Waals surface area (Å²) in [6.07, 6.45) is 1.09. The lowest BCUT2D eigenvalue weighted by atomic mass is 10.0. The predicted octanol–water partition coefficient (Wildman–Crippen LogP) is 1.69. The highest BCUT2D eigenvalue weighted by molar-refractivity contribution is 7.91. The van der Waals surface area contributed by atoms with E-state index in [2.05, 4.69) is 5.32 Å². The molecule has 0 unspecified atom stereocenters. The Morgan fingerprint density at radius 3 is 2.29 bits per heavy atom. The normalized spacial score (nSPS) is 12.7. The first-order valence-electron chi connectivity index (χ1n) is 6.42. The highest BCUT2D eigenvalue weighted by Gasteiger charge is 2.27. The molecule has 0 spiro atoms. The first-order chi connectivity index (χ1) is 9.38. The minimum Gasteiger partial charge on any atom is -0.396 e. The molecule has 0 aromatic carbocycles. The standard InChI is InChI=1S/C13H23N3O3S2/c1-8(17)10-9(14)11(21(6,18)19)12(20-10)15-7-13(2,3)16(4)5/h15H,7,14H2,1-6H3. The number of rotatable bonds is 6. The molecule has 0 aliphatic carbocycles. The number of ketones is 1. The second-order valence-electron chi connectivity index (χ2n) is 5.89. The summed E-state index contributed by atoms with van der Waals surface area (Å²) in [5.41, 5.74) is 5.72. The lowest BCUT2D eigenvalue weighted by Gasteiger charge is -2.32. The third-order valence-electron chi connectivity index (χ3n) is 3.48. The van der Waals surface area contributed by atoms with Crippen LogP contribution in [0.3, 0.4) is 0 Å². The van der Waals surface area contributed by atoms with Crippen molar-refractivity contribution in [2.24, 2.45) is 0 Å². The molecule has 6 nitrogen and oxygen atoms in total.